The van der Waals surface area contributed by atoms with Gasteiger partial charge in [-0.25, -0.2) is 0 Å². The molecule has 7 N–H and O–H groups in total. The van der Waals surface area contributed by atoms with Gasteiger partial charge in [-0.1, -0.05) is 142 Å². The quantitative estimate of drug-likeness (QED) is 0.0351. The number of aliphatic hydroxyl groups excluding tert-OH is 7. The molecule has 0 aromatic carbocycles. The largest absolute Gasteiger partial charge is 0.457 e. The molecule has 332 valence electrons. The molecule has 2 heterocycles. The lowest BCUT2D eigenvalue weighted by molar-refractivity contribution is -0.332. The lowest BCUT2D eigenvalue weighted by Crippen LogP contribution is -2.61. The van der Waals surface area contributed by atoms with Gasteiger partial charge in [0.2, 0.25) is 0 Å². The van der Waals surface area contributed by atoms with E-state index in [0.29, 0.717) is 13.0 Å². The maximum Gasteiger partial charge on any atom is 0.306 e. The summed E-state index contributed by atoms with van der Waals surface area (Å²) in [6, 6.07) is 0. The molecule has 0 aromatic heterocycles. The summed E-state index contributed by atoms with van der Waals surface area (Å²) in [4.78, 5) is 12.9. The van der Waals surface area contributed by atoms with Gasteiger partial charge in [0.1, 0.15) is 54.9 Å². The fourth-order valence-electron chi connectivity index (χ4n) is 7.17. The summed E-state index contributed by atoms with van der Waals surface area (Å²) in [7, 11) is 0. The second kappa shape index (κ2) is 31.9. The van der Waals surface area contributed by atoms with Crippen LogP contribution < -0.4 is 0 Å². The molecule has 2 saturated heterocycles. The maximum atomic E-state index is 12.9. The molecule has 0 bridgehead atoms. The molecule has 14 nitrogen and oxygen atoms in total. The van der Waals surface area contributed by atoms with E-state index in [1.807, 2.05) is 0 Å². The predicted molar refractivity (Wildman–Crippen MR) is 211 cm³/mol. The van der Waals surface area contributed by atoms with Crippen LogP contribution >= 0.6 is 0 Å². The van der Waals surface area contributed by atoms with Crippen molar-refractivity contribution in [2.45, 2.75) is 229 Å². The first-order chi connectivity index (χ1) is 27.1. The summed E-state index contributed by atoms with van der Waals surface area (Å²) in [6.45, 7) is 3.65. The molecule has 0 saturated carbocycles. The fourth-order valence-corrected chi connectivity index (χ4v) is 7.17. The van der Waals surface area contributed by atoms with E-state index in [2.05, 4.69) is 13.8 Å². The number of carbonyl (C=O) groups is 1. The van der Waals surface area contributed by atoms with E-state index < -0.39 is 80.7 Å². The first-order valence-electron chi connectivity index (χ1n) is 22.1. The SMILES string of the molecule is CCCCCCCCCCCCCCCCCC(=O)OC(COCCCCCCCCC)COC1OC(COC2OC(CO)C(O)C(O)C2O)C(O)C(O)C1O. The third-order valence-corrected chi connectivity index (χ3v) is 10.9. The Kier molecular flexibility index (Phi) is 29.1. The minimum atomic E-state index is -1.70. The third-order valence-electron chi connectivity index (χ3n) is 10.9. The van der Waals surface area contributed by atoms with Gasteiger partial charge in [0.25, 0.3) is 0 Å². The summed E-state index contributed by atoms with van der Waals surface area (Å²) < 4.78 is 34.0. The number of ether oxygens (including phenoxy) is 6. The predicted octanol–water partition coefficient (Wildman–Crippen LogP) is 4.57. The van der Waals surface area contributed by atoms with Crippen molar-refractivity contribution >= 4 is 5.97 Å². The van der Waals surface area contributed by atoms with Gasteiger partial charge in [0.05, 0.1) is 26.4 Å². The topological polar surface area (TPSA) is 214 Å². The van der Waals surface area contributed by atoms with Gasteiger partial charge in [-0.3, -0.25) is 4.79 Å². The lowest BCUT2D eigenvalue weighted by Gasteiger charge is -2.42. The summed E-state index contributed by atoms with van der Waals surface area (Å²) in [5.41, 5.74) is 0. The molecule has 0 aromatic rings. The van der Waals surface area contributed by atoms with Gasteiger partial charge in [-0.05, 0) is 12.8 Å². The zero-order valence-corrected chi connectivity index (χ0v) is 34.6. The van der Waals surface area contributed by atoms with Crippen molar-refractivity contribution in [2.24, 2.45) is 0 Å². The van der Waals surface area contributed by atoms with Crippen LogP contribution in [0, 0.1) is 0 Å². The average molecular weight is 809 g/mol. The minimum Gasteiger partial charge on any atom is -0.457 e. The molecule has 2 aliphatic heterocycles. The summed E-state index contributed by atoms with van der Waals surface area (Å²) >= 11 is 0. The minimum absolute atomic E-state index is 0.0675. The third kappa shape index (κ3) is 20.8. The number of rotatable bonds is 34. The van der Waals surface area contributed by atoms with Crippen LogP contribution in [0.5, 0.6) is 0 Å². The van der Waals surface area contributed by atoms with E-state index in [4.69, 9.17) is 28.4 Å². The Labute approximate surface area is 336 Å². The van der Waals surface area contributed by atoms with Gasteiger partial charge < -0.3 is 64.2 Å². The van der Waals surface area contributed by atoms with Crippen LogP contribution in [0.1, 0.15) is 162 Å². The fraction of sp³-hybridized carbons (Fsp3) is 0.976. The number of aliphatic hydroxyl groups is 7. The normalized spacial score (nSPS) is 28.7. The van der Waals surface area contributed by atoms with Gasteiger partial charge in [-0.2, -0.15) is 0 Å². The van der Waals surface area contributed by atoms with Crippen LogP contribution in [-0.4, -0.2) is 142 Å². The highest BCUT2D eigenvalue weighted by molar-refractivity contribution is 5.69. The average Bonchev–Trinajstić information content (AvgIpc) is 3.19. The van der Waals surface area contributed by atoms with Gasteiger partial charge in [0, 0.05) is 13.0 Å². The first kappa shape index (κ1) is 51.1. The zero-order valence-electron chi connectivity index (χ0n) is 34.6. The monoisotopic (exact) mass is 809 g/mol. The Bertz CT molecular complexity index is 943. The molecule has 0 spiro atoms. The van der Waals surface area contributed by atoms with E-state index in [9.17, 15) is 40.5 Å². The Hall–Kier alpha value is -1.01. The van der Waals surface area contributed by atoms with Gasteiger partial charge in [0.15, 0.2) is 12.6 Å². The highest BCUT2D eigenvalue weighted by Gasteiger charge is 2.47. The summed E-state index contributed by atoms with van der Waals surface area (Å²) in [6.07, 6.45) is 10.5. The van der Waals surface area contributed by atoms with Crippen LogP contribution in [0.3, 0.4) is 0 Å². The Morgan fingerprint density at radius 1 is 0.518 bits per heavy atom. The second-order valence-corrected chi connectivity index (χ2v) is 15.9. The Balaban J connectivity index is 1.79. The van der Waals surface area contributed by atoms with E-state index in [0.717, 1.165) is 38.5 Å². The maximum absolute atomic E-state index is 12.9. The zero-order chi connectivity index (χ0) is 41.0. The van der Waals surface area contributed by atoms with E-state index in [-0.39, 0.29) is 25.6 Å². The lowest BCUT2D eigenvalue weighted by atomic mass is 9.98. The molecule has 2 fully saturated rings. The summed E-state index contributed by atoms with van der Waals surface area (Å²) in [5.74, 6) is -0.376. The van der Waals surface area contributed by atoms with Gasteiger partial charge >= 0.3 is 5.97 Å². The summed E-state index contributed by atoms with van der Waals surface area (Å²) in [5, 5.41) is 71.7. The first-order valence-corrected chi connectivity index (χ1v) is 22.1. The van der Waals surface area contributed by atoms with Gasteiger partial charge in [-0.15, -0.1) is 0 Å². The highest BCUT2D eigenvalue weighted by Crippen LogP contribution is 2.26. The highest BCUT2D eigenvalue weighted by atomic mass is 16.7. The molecule has 11 unspecified atom stereocenters. The number of hydrogen-bond donors (Lipinski definition) is 7. The van der Waals surface area contributed by atoms with Crippen LogP contribution in [0.2, 0.25) is 0 Å². The van der Waals surface area contributed by atoms with Crippen molar-refractivity contribution < 1.29 is 69.0 Å². The second-order valence-electron chi connectivity index (χ2n) is 15.9. The van der Waals surface area contributed by atoms with Crippen LogP contribution in [-0.2, 0) is 33.2 Å². The van der Waals surface area contributed by atoms with Crippen molar-refractivity contribution in [3.8, 4) is 0 Å². The van der Waals surface area contributed by atoms with Crippen molar-refractivity contribution in [1.82, 2.24) is 0 Å². The molecule has 0 aliphatic carbocycles. The number of unbranched alkanes of at least 4 members (excludes halogenated alkanes) is 20. The number of hydrogen-bond acceptors (Lipinski definition) is 14. The number of carbonyl (C=O) groups excluding carboxylic acids is 1. The molecular formula is C42H80O14. The van der Waals surface area contributed by atoms with Crippen molar-refractivity contribution in [3.63, 3.8) is 0 Å². The molecular weight excluding hydrogens is 728 g/mol. The molecule has 2 aliphatic rings. The molecule has 56 heavy (non-hydrogen) atoms. The van der Waals surface area contributed by atoms with Crippen LogP contribution in [0.25, 0.3) is 0 Å². The standard InChI is InChI=1S/C42H80O14/c1-3-5-7-9-11-12-13-14-15-16-17-18-19-21-23-25-34(44)54-31(28-51-26-24-22-20-10-8-6-4-2)29-52-41-40(50)38(48)36(46)33(56-41)30-53-42-39(49)37(47)35(45)32(27-43)55-42/h31-33,35-43,45-50H,3-30H2,1-2H3. The van der Waals surface area contributed by atoms with Crippen LogP contribution in [0.15, 0.2) is 0 Å². The number of esters is 1. The van der Waals surface area contributed by atoms with Crippen molar-refractivity contribution in [1.29, 1.82) is 0 Å². The van der Waals surface area contributed by atoms with Crippen LogP contribution in [0.4, 0.5) is 0 Å². The van der Waals surface area contributed by atoms with E-state index in [1.165, 1.54) is 96.3 Å². The van der Waals surface area contributed by atoms with Crippen molar-refractivity contribution in [2.75, 3.05) is 33.0 Å². The molecule has 2 rings (SSSR count). The molecule has 0 radical (unpaired) electrons. The molecule has 14 heteroatoms. The molecule has 0 amide bonds. The Morgan fingerprint density at radius 2 is 0.946 bits per heavy atom. The Morgan fingerprint density at radius 3 is 1.45 bits per heavy atom. The molecule has 11 atom stereocenters. The van der Waals surface area contributed by atoms with E-state index in [1.54, 1.807) is 0 Å². The van der Waals surface area contributed by atoms with E-state index >= 15 is 0 Å². The smallest absolute Gasteiger partial charge is 0.306 e. The van der Waals surface area contributed by atoms with Crippen molar-refractivity contribution in [3.05, 3.63) is 0 Å².